The summed E-state index contributed by atoms with van der Waals surface area (Å²) in [6, 6.07) is 19.5. The highest BCUT2D eigenvalue weighted by Crippen LogP contribution is 2.24. The van der Waals surface area contributed by atoms with E-state index in [0.717, 1.165) is 36.3 Å². The number of carbonyl (C=O) groups is 1. The van der Waals surface area contributed by atoms with Gasteiger partial charge in [-0.2, -0.15) is 5.10 Å². The maximum atomic E-state index is 12.9. The molecule has 1 aromatic heterocycles. The van der Waals surface area contributed by atoms with Crippen LogP contribution in [0, 0.1) is 5.92 Å². The molecule has 1 aliphatic heterocycles. The van der Waals surface area contributed by atoms with Gasteiger partial charge in [0.1, 0.15) is 0 Å². The second-order valence-corrected chi connectivity index (χ2v) is 8.75. The lowest BCUT2D eigenvalue weighted by Crippen LogP contribution is -2.41. The van der Waals surface area contributed by atoms with Crippen molar-refractivity contribution in [2.45, 2.75) is 39.2 Å². The second-order valence-electron chi connectivity index (χ2n) is 8.75. The van der Waals surface area contributed by atoms with E-state index in [4.69, 9.17) is 0 Å². The SMILES string of the molecule is CC(C)c1ccc(NC(=O)C2CCCN(c3cnn(Cc4ccccc4)c(=O)c3)C2)cc1. The van der Waals surface area contributed by atoms with Crippen molar-refractivity contribution in [1.29, 1.82) is 0 Å². The van der Waals surface area contributed by atoms with Gasteiger partial charge < -0.3 is 10.2 Å². The number of hydrogen-bond donors (Lipinski definition) is 1. The highest BCUT2D eigenvalue weighted by molar-refractivity contribution is 5.93. The Kier molecular flexibility index (Phi) is 6.69. The molecule has 0 spiro atoms. The fourth-order valence-electron chi connectivity index (χ4n) is 4.09. The fourth-order valence-corrected chi connectivity index (χ4v) is 4.09. The van der Waals surface area contributed by atoms with Gasteiger partial charge >= 0.3 is 0 Å². The van der Waals surface area contributed by atoms with Crippen LogP contribution in [0.4, 0.5) is 11.4 Å². The number of carbonyl (C=O) groups excluding carboxylic acids is 1. The Balaban J connectivity index is 1.40. The molecule has 166 valence electrons. The highest BCUT2D eigenvalue weighted by atomic mass is 16.2. The average Bonchev–Trinajstić information content (AvgIpc) is 2.81. The zero-order valence-electron chi connectivity index (χ0n) is 18.7. The molecule has 6 nitrogen and oxygen atoms in total. The van der Waals surface area contributed by atoms with Gasteiger partial charge in [-0.25, -0.2) is 4.68 Å². The normalized spacial score (nSPS) is 16.2. The van der Waals surface area contributed by atoms with Gasteiger partial charge in [0.25, 0.3) is 5.56 Å². The Bertz CT molecular complexity index is 1110. The first-order chi connectivity index (χ1) is 15.5. The first-order valence-electron chi connectivity index (χ1n) is 11.3. The minimum atomic E-state index is -0.136. The number of amides is 1. The van der Waals surface area contributed by atoms with E-state index in [9.17, 15) is 9.59 Å². The zero-order chi connectivity index (χ0) is 22.5. The van der Waals surface area contributed by atoms with E-state index in [1.54, 1.807) is 12.3 Å². The van der Waals surface area contributed by atoms with Gasteiger partial charge in [0.15, 0.2) is 0 Å². The number of nitrogens with one attached hydrogen (secondary N) is 1. The molecule has 1 N–H and O–H groups in total. The molecule has 2 aromatic carbocycles. The van der Waals surface area contributed by atoms with Gasteiger partial charge in [-0.1, -0.05) is 56.3 Å². The Hall–Kier alpha value is -3.41. The number of aromatic nitrogens is 2. The lowest BCUT2D eigenvalue weighted by Gasteiger charge is -2.33. The number of hydrogen-bond acceptors (Lipinski definition) is 4. The largest absolute Gasteiger partial charge is 0.369 e. The molecule has 1 aliphatic rings. The van der Waals surface area contributed by atoms with Crippen LogP contribution >= 0.6 is 0 Å². The number of anilines is 2. The van der Waals surface area contributed by atoms with Crippen LogP contribution in [0.2, 0.25) is 0 Å². The van der Waals surface area contributed by atoms with Gasteiger partial charge in [0.2, 0.25) is 5.91 Å². The van der Waals surface area contributed by atoms with Crippen molar-refractivity contribution in [2.75, 3.05) is 23.3 Å². The summed E-state index contributed by atoms with van der Waals surface area (Å²) in [5.41, 5.74) is 3.75. The predicted octanol–water partition coefficient (Wildman–Crippen LogP) is 4.27. The van der Waals surface area contributed by atoms with Crippen molar-refractivity contribution in [3.63, 3.8) is 0 Å². The van der Waals surface area contributed by atoms with Crippen LogP contribution in [0.1, 0.15) is 43.7 Å². The third-order valence-electron chi connectivity index (χ3n) is 6.03. The summed E-state index contributed by atoms with van der Waals surface area (Å²) in [6.45, 7) is 6.15. The minimum absolute atomic E-state index is 0.0253. The molecule has 3 aromatic rings. The van der Waals surface area contributed by atoms with E-state index in [2.05, 4.69) is 41.3 Å². The molecule has 1 unspecified atom stereocenters. The summed E-state index contributed by atoms with van der Waals surface area (Å²) in [4.78, 5) is 27.6. The van der Waals surface area contributed by atoms with Crippen molar-refractivity contribution in [3.05, 3.63) is 88.3 Å². The third kappa shape index (κ3) is 5.25. The summed E-state index contributed by atoms with van der Waals surface area (Å²) in [7, 11) is 0. The van der Waals surface area contributed by atoms with Crippen molar-refractivity contribution in [2.24, 2.45) is 5.92 Å². The van der Waals surface area contributed by atoms with Crippen LogP contribution in [-0.2, 0) is 11.3 Å². The highest BCUT2D eigenvalue weighted by Gasteiger charge is 2.26. The average molecular weight is 431 g/mol. The van der Waals surface area contributed by atoms with Gasteiger partial charge in [-0.15, -0.1) is 0 Å². The summed E-state index contributed by atoms with van der Waals surface area (Å²) >= 11 is 0. The molecule has 6 heteroatoms. The molecule has 1 atom stereocenters. The number of benzene rings is 2. The van der Waals surface area contributed by atoms with Crippen molar-refractivity contribution >= 4 is 17.3 Å². The van der Waals surface area contributed by atoms with Crippen LogP contribution in [-0.4, -0.2) is 28.8 Å². The van der Waals surface area contributed by atoms with Crippen LogP contribution in [0.25, 0.3) is 0 Å². The van der Waals surface area contributed by atoms with E-state index < -0.39 is 0 Å². The molecule has 2 heterocycles. The summed E-state index contributed by atoms with van der Waals surface area (Å²) in [5.74, 6) is 0.362. The molecular weight excluding hydrogens is 400 g/mol. The lowest BCUT2D eigenvalue weighted by molar-refractivity contribution is -0.120. The van der Waals surface area contributed by atoms with Crippen molar-refractivity contribution in [1.82, 2.24) is 9.78 Å². The topological polar surface area (TPSA) is 67.2 Å². The van der Waals surface area contributed by atoms with E-state index in [1.165, 1.54) is 10.2 Å². The third-order valence-corrected chi connectivity index (χ3v) is 6.03. The summed E-state index contributed by atoms with van der Waals surface area (Å²) in [6.07, 6.45) is 3.47. The molecule has 4 rings (SSSR count). The lowest BCUT2D eigenvalue weighted by atomic mass is 9.96. The summed E-state index contributed by atoms with van der Waals surface area (Å²) in [5, 5.41) is 7.42. The Morgan fingerprint density at radius 1 is 1.12 bits per heavy atom. The molecule has 32 heavy (non-hydrogen) atoms. The standard InChI is InChI=1S/C26H30N4O2/c1-19(2)21-10-12-23(13-11-21)28-26(32)22-9-6-14-29(18-22)24-15-25(31)30(27-16-24)17-20-7-4-3-5-8-20/h3-5,7-8,10-13,15-16,19,22H,6,9,14,17-18H2,1-2H3,(H,28,32). The fraction of sp³-hybridized carbons (Fsp3) is 0.346. The molecular formula is C26H30N4O2. The van der Waals surface area contributed by atoms with Crippen LogP contribution in [0.3, 0.4) is 0 Å². The first-order valence-corrected chi connectivity index (χ1v) is 11.3. The minimum Gasteiger partial charge on any atom is -0.369 e. The summed E-state index contributed by atoms with van der Waals surface area (Å²) < 4.78 is 1.47. The van der Waals surface area contributed by atoms with Gasteiger partial charge in [-0.3, -0.25) is 9.59 Å². The molecule has 1 amide bonds. The Morgan fingerprint density at radius 3 is 2.56 bits per heavy atom. The van der Waals surface area contributed by atoms with Crippen molar-refractivity contribution < 1.29 is 4.79 Å². The van der Waals surface area contributed by atoms with Crippen LogP contribution < -0.4 is 15.8 Å². The van der Waals surface area contributed by atoms with E-state index >= 15 is 0 Å². The number of nitrogens with zero attached hydrogens (tertiary/aromatic N) is 3. The number of piperidine rings is 1. The molecule has 0 saturated carbocycles. The molecule has 0 aliphatic carbocycles. The Labute approximate surface area is 188 Å². The van der Waals surface area contributed by atoms with Gasteiger partial charge in [-0.05, 0) is 42.0 Å². The van der Waals surface area contributed by atoms with Crippen molar-refractivity contribution in [3.8, 4) is 0 Å². The van der Waals surface area contributed by atoms with Gasteiger partial charge in [0, 0.05) is 24.8 Å². The molecule has 0 bridgehead atoms. The molecule has 1 saturated heterocycles. The maximum Gasteiger partial charge on any atom is 0.269 e. The van der Waals surface area contributed by atoms with E-state index in [0.29, 0.717) is 19.0 Å². The first kappa shape index (κ1) is 21.8. The van der Waals surface area contributed by atoms with Crippen LogP contribution in [0.5, 0.6) is 0 Å². The number of rotatable bonds is 6. The zero-order valence-corrected chi connectivity index (χ0v) is 18.7. The quantitative estimate of drug-likeness (QED) is 0.634. The molecule has 1 fully saturated rings. The Morgan fingerprint density at radius 2 is 1.88 bits per heavy atom. The predicted molar refractivity (Wildman–Crippen MR) is 128 cm³/mol. The smallest absolute Gasteiger partial charge is 0.269 e. The monoisotopic (exact) mass is 430 g/mol. The van der Waals surface area contributed by atoms with Gasteiger partial charge in [0.05, 0.1) is 24.3 Å². The van der Waals surface area contributed by atoms with E-state index in [1.807, 2.05) is 42.5 Å². The molecule has 0 radical (unpaired) electrons. The van der Waals surface area contributed by atoms with Crippen LogP contribution in [0.15, 0.2) is 71.7 Å². The maximum absolute atomic E-state index is 12.9. The van der Waals surface area contributed by atoms with E-state index in [-0.39, 0.29) is 17.4 Å². The second kappa shape index (κ2) is 9.81.